The van der Waals surface area contributed by atoms with E-state index in [1.807, 2.05) is 39.0 Å². The molecule has 0 atom stereocenters. The maximum atomic E-state index is 13.3. The summed E-state index contributed by atoms with van der Waals surface area (Å²) in [6, 6.07) is 16.6. The van der Waals surface area contributed by atoms with Gasteiger partial charge in [0.25, 0.3) is 11.8 Å². The van der Waals surface area contributed by atoms with Crippen molar-refractivity contribution in [2.45, 2.75) is 20.8 Å². The van der Waals surface area contributed by atoms with Crippen LogP contribution in [0.5, 0.6) is 11.5 Å². The number of thioether (sulfide) groups is 1. The van der Waals surface area contributed by atoms with Gasteiger partial charge in [-0.3, -0.25) is 14.5 Å². The molecule has 2 amide bonds. The maximum Gasteiger partial charge on any atom is 0.270 e. The Balaban J connectivity index is 1.48. The van der Waals surface area contributed by atoms with Crippen LogP contribution in [0.2, 0.25) is 0 Å². The quantitative estimate of drug-likeness (QED) is 0.271. The lowest BCUT2D eigenvalue weighted by atomic mass is 10.1. The third-order valence-corrected chi connectivity index (χ3v) is 6.85. The van der Waals surface area contributed by atoms with Gasteiger partial charge in [-0.15, -0.1) is 0 Å². The minimum Gasteiger partial charge on any atom is -0.490 e. The number of nitrogens with zero attached hydrogens (tertiary/aromatic N) is 1. The van der Waals surface area contributed by atoms with E-state index in [0.29, 0.717) is 38.6 Å². The van der Waals surface area contributed by atoms with E-state index in [4.69, 9.17) is 21.7 Å². The van der Waals surface area contributed by atoms with E-state index in [1.54, 1.807) is 24.3 Å². The monoisotopic (exact) mass is 536 g/mol. The minimum absolute atomic E-state index is 0.191. The molecule has 9 heteroatoms. The Labute approximate surface area is 224 Å². The molecule has 0 aliphatic carbocycles. The normalized spacial score (nSPS) is 14.3. The van der Waals surface area contributed by atoms with Crippen molar-refractivity contribution >= 4 is 57.6 Å². The molecule has 0 radical (unpaired) electrons. The lowest BCUT2D eigenvalue weighted by Crippen LogP contribution is -2.27. The predicted molar refractivity (Wildman–Crippen MR) is 150 cm³/mol. The van der Waals surface area contributed by atoms with Crippen molar-refractivity contribution in [3.05, 3.63) is 88.1 Å². The molecule has 0 unspecified atom stereocenters. The largest absolute Gasteiger partial charge is 0.490 e. The third-order valence-electron chi connectivity index (χ3n) is 5.55. The van der Waals surface area contributed by atoms with Crippen LogP contribution < -0.4 is 19.7 Å². The number of para-hydroxylation sites is 1. The van der Waals surface area contributed by atoms with Crippen molar-refractivity contribution in [2.75, 3.05) is 23.4 Å². The molecule has 0 aromatic heterocycles. The van der Waals surface area contributed by atoms with Crippen LogP contribution in [0.15, 0.2) is 65.6 Å². The summed E-state index contributed by atoms with van der Waals surface area (Å²) in [5, 5.41) is 2.90. The maximum absolute atomic E-state index is 13.3. The first-order chi connectivity index (χ1) is 17.8. The Hall–Kier alpha value is -3.69. The zero-order chi connectivity index (χ0) is 26.5. The van der Waals surface area contributed by atoms with Gasteiger partial charge in [0.15, 0.2) is 22.4 Å². The average Bonchev–Trinajstić information content (AvgIpc) is 3.14. The smallest absolute Gasteiger partial charge is 0.270 e. The highest BCUT2D eigenvalue weighted by Crippen LogP contribution is 2.37. The van der Waals surface area contributed by atoms with Crippen molar-refractivity contribution in [3.63, 3.8) is 0 Å². The van der Waals surface area contributed by atoms with Gasteiger partial charge in [0.05, 0.1) is 17.2 Å². The number of thiocarbonyl (C=S) groups is 1. The molecule has 190 valence electrons. The molecule has 1 N–H and O–H groups in total. The van der Waals surface area contributed by atoms with Gasteiger partial charge in [0.2, 0.25) is 0 Å². The Bertz CT molecular complexity index is 1370. The Morgan fingerprint density at radius 3 is 2.43 bits per heavy atom. The molecular formula is C28H25FN2O4S2. The van der Waals surface area contributed by atoms with Crippen LogP contribution in [0.3, 0.4) is 0 Å². The van der Waals surface area contributed by atoms with E-state index < -0.39 is 5.82 Å². The number of carbonyl (C=O) groups is 2. The lowest BCUT2D eigenvalue weighted by molar-refractivity contribution is -0.118. The first-order valence-corrected chi connectivity index (χ1v) is 12.8. The van der Waals surface area contributed by atoms with Gasteiger partial charge in [-0.2, -0.15) is 0 Å². The molecule has 4 rings (SSSR count). The topological polar surface area (TPSA) is 67.9 Å². The van der Waals surface area contributed by atoms with Crippen molar-refractivity contribution in [2.24, 2.45) is 0 Å². The lowest BCUT2D eigenvalue weighted by Gasteiger charge is -2.15. The molecular weight excluding hydrogens is 511 g/mol. The van der Waals surface area contributed by atoms with Gasteiger partial charge in [-0.05, 0) is 79.9 Å². The number of carbonyl (C=O) groups excluding carboxylic acids is 2. The number of hydrogen-bond acceptors (Lipinski definition) is 6. The number of rotatable bonds is 8. The fourth-order valence-corrected chi connectivity index (χ4v) is 5.06. The van der Waals surface area contributed by atoms with Gasteiger partial charge in [-0.25, -0.2) is 4.39 Å². The Morgan fingerprint density at radius 2 is 1.76 bits per heavy atom. The molecule has 1 saturated heterocycles. The number of hydrogen-bond donors (Lipinski definition) is 1. The molecule has 3 aromatic rings. The second-order valence-electron chi connectivity index (χ2n) is 8.24. The number of halogens is 1. The highest BCUT2D eigenvalue weighted by atomic mass is 32.2. The molecule has 0 saturated carbocycles. The van der Waals surface area contributed by atoms with Crippen LogP contribution in [0.25, 0.3) is 6.08 Å². The highest BCUT2D eigenvalue weighted by molar-refractivity contribution is 8.27. The summed E-state index contributed by atoms with van der Waals surface area (Å²) >= 11 is 6.55. The first-order valence-electron chi connectivity index (χ1n) is 11.6. The fraction of sp³-hybridized carbons (Fsp3) is 0.179. The molecule has 37 heavy (non-hydrogen) atoms. The van der Waals surface area contributed by atoms with E-state index >= 15 is 0 Å². The van der Waals surface area contributed by atoms with E-state index in [1.165, 1.54) is 40.9 Å². The zero-order valence-electron chi connectivity index (χ0n) is 20.5. The standard InChI is InChI=1S/C28H25FN2O4S2/c1-4-34-23-14-19(15-24-27(33)31(28(36)37-24)21-11-9-20(29)10-12-21)8-13-22(23)35-16-25(32)30-26-17(2)6-5-7-18(26)3/h5-15H,4,16H2,1-3H3,(H,30,32)/b24-15-. The SMILES string of the molecule is CCOc1cc(/C=C2\SC(=S)N(c3ccc(F)cc3)C2=O)ccc1OCC(=O)Nc1c(C)cccc1C. The van der Waals surface area contributed by atoms with Gasteiger partial charge in [-0.1, -0.05) is 48.2 Å². The van der Waals surface area contributed by atoms with Crippen LogP contribution in [-0.2, 0) is 9.59 Å². The van der Waals surface area contributed by atoms with Crippen molar-refractivity contribution < 1.29 is 23.5 Å². The van der Waals surface area contributed by atoms with Gasteiger partial charge >= 0.3 is 0 Å². The van der Waals surface area contributed by atoms with E-state index in [-0.39, 0.29) is 18.4 Å². The van der Waals surface area contributed by atoms with Crippen LogP contribution in [0.4, 0.5) is 15.8 Å². The zero-order valence-corrected chi connectivity index (χ0v) is 22.2. The molecule has 1 aliphatic heterocycles. The van der Waals surface area contributed by atoms with Crippen LogP contribution >= 0.6 is 24.0 Å². The highest BCUT2D eigenvalue weighted by Gasteiger charge is 2.33. The number of benzene rings is 3. The molecule has 1 heterocycles. The summed E-state index contributed by atoms with van der Waals surface area (Å²) in [6.45, 7) is 5.91. The first kappa shape index (κ1) is 26.4. The predicted octanol–water partition coefficient (Wildman–Crippen LogP) is 6.26. The number of anilines is 2. The van der Waals surface area contributed by atoms with Crippen molar-refractivity contribution in [1.29, 1.82) is 0 Å². The third kappa shape index (κ3) is 6.18. The van der Waals surface area contributed by atoms with Crippen molar-refractivity contribution in [3.8, 4) is 11.5 Å². The van der Waals surface area contributed by atoms with Crippen molar-refractivity contribution in [1.82, 2.24) is 0 Å². The Kier molecular flexibility index (Phi) is 8.25. The molecule has 3 aromatic carbocycles. The van der Waals surface area contributed by atoms with Crippen LogP contribution in [0.1, 0.15) is 23.6 Å². The summed E-state index contributed by atoms with van der Waals surface area (Å²) in [7, 11) is 0. The second-order valence-corrected chi connectivity index (χ2v) is 9.91. The summed E-state index contributed by atoms with van der Waals surface area (Å²) in [5.41, 5.74) is 3.92. The number of amides is 2. The molecule has 6 nitrogen and oxygen atoms in total. The van der Waals surface area contributed by atoms with Gasteiger partial charge < -0.3 is 14.8 Å². The number of ether oxygens (including phenoxy) is 2. The molecule has 0 spiro atoms. The fourth-order valence-electron chi connectivity index (χ4n) is 3.76. The van der Waals surface area contributed by atoms with E-state index in [0.717, 1.165) is 16.8 Å². The summed E-state index contributed by atoms with van der Waals surface area (Å²) in [4.78, 5) is 27.3. The number of nitrogens with one attached hydrogen (secondary N) is 1. The minimum atomic E-state index is -0.390. The number of aryl methyl sites for hydroxylation is 2. The molecule has 0 bridgehead atoms. The van der Waals surface area contributed by atoms with E-state index in [9.17, 15) is 14.0 Å². The van der Waals surface area contributed by atoms with Gasteiger partial charge in [0, 0.05) is 5.69 Å². The summed E-state index contributed by atoms with van der Waals surface area (Å²) < 4.78 is 25.2. The second kappa shape index (κ2) is 11.6. The Morgan fingerprint density at radius 1 is 1.05 bits per heavy atom. The average molecular weight is 537 g/mol. The van der Waals surface area contributed by atoms with E-state index in [2.05, 4.69) is 5.32 Å². The summed E-state index contributed by atoms with van der Waals surface area (Å²) in [6.07, 6.45) is 1.71. The van der Waals surface area contributed by atoms with Gasteiger partial charge in [0.1, 0.15) is 5.82 Å². The molecule has 1 aliphatic rings. The summed E-state index contributed by atoms with van der Waals surface area (Å²) in [5.74, 6) is -0.102. The van der Waals surface area contributed by atoms with Crippen LogP contribution in [-0.4, -0.2) is 29.3 Å². The molecule has 1 fully saturated rings. The van der Waals surface area contributed by atoms with Crippen LogP contribution in [0, 0.1) is 19.7 Å².